The number of phenolic OH excluding ortho intramolecular Hbond substituents is 1. The van der Waals surface area contributed by atoms with Crippen molar-refractivity contribution in [2.45, 2.75) is 0 Å². The third-order valence-corrected chi connectivity index (χ3v) is 4.30. The van der Waals surface area contributed by atoms with Crippen LogP contribution in [0.2, 0.25) is 0 Å². The zero-order valence-corrected chi connectivity index (χ0v) is 15.5. The maximum atomic E-state index is 12.6. The number of amides is 1. The fourth-order valence-corrected chi connectivity index (χ4v) is 2.85. The maximum Gasteiger partial charge on any atom is 0.287 e. The molecular weight excluding hydrogens is 392 g/mol. The number of aromatic nitrogens is 3. The summed E-state index contributed by atoms with van der Waals surface area (Å²) in [6, 6.07) is 9.17. The molecule has 3 aromatic heterocycles. The van der Waals surface area contributed by atoms with Crippen LogP contribution >= 0.6 is 0 Å². The molecule has 0 aliphatic heterocycles. The molecule has 0 aliphatic rings. The van der Waals surface area contributed by atoms with Crippen LogP contribution in [0.15, 0.2) is 53.3 Å². The standard InChI is InChI=1S/C19H16N6O5/c26-13-5-4-12(16-17(13)24-18(23-16)14-2-1-9-30-14)19(27)21-8-7-20-15-6-3-11(10-22-15)25(28)29/h1-6,9-10,26H,7-8H2,(H,20,22)(H,21,27)(H,23,24). The number of furan rings is 1. The normalized spacial score (nSPS) is 10.8. The van der Waals surface area contributed by atoms with E-state index in [0.29, 0.717) is 40.5 Å². The van der Waals surface area contributed by atoms with Gasteiger partial charge in [0.1, 0.15) is 28.8 Å². The van der Waals surface area contributed by atoms with Gasteiger partial charge < -0.3 is 25.1 Å². The van der Waals surface area contributed by atoms with Gasteiger partial charge in [0.15, 0.2) is 11.6 Å². The minimum atomic E-state index is -0.526. The quantitative estimate of drug-likeness (QED) is 0.206. The number of aromatic amines is 1. The van der Waals surface area contributed by atoms with E-state index in [-0.39, 0.29) is 23.9 Å². The third-order valence-electron chi connectivity index (χ3n) is 4.30. The highest BCUT2D eigenvalue weighted by molar-refractivity contribution is 6.06. The lowest BCUT2D eigenvalue weighted by Gasteiger charge is -2.08. The Morgan fingerprint density at radius 1 is 1.23 bits per heavy atom. The predicted molar refractivity (Wildman–Crippen MR) is 107 cm³/mol. The smallest absolute Gasteiger partial charge is 0.287 e. The van der Waals surface area contributed by atoms with Gasteiger partial charge in [-0.15, -0.1) is 0 Å². The summed E-state index contributed by atoms with van der Waals surface area (Å²) in [5.41, 5.74) is 0.856. The number of hydrogen-bond donors (Lipinski definition) is 4. The molecule has 30 heavy (non-hydrogen) atoms. The molecule has 0 saturated heterocycles. The van der Waals surface area contributed by atoms with Crippen molar-refractivity contribution >= 4 is 28.4 Å². The van der Waals surface area contributed by atoms with Crippen LogP contribution in [0.3, 0.4) is 0 Å². The van der Waals surface area contributed by atoms with Crippen molar-refractivity contribution in [3.05, 3.63) is 64.5 Å². The summed E-state index contributed by atoms with van der Waals surface area (Å²) < 4.78 is 5.30. The first-order valence-electron chi connectivity index (χ1n) is 8.91. The number of nitrogens with one attached hydrogen (secondary N) is 3. The number of carbonyl (C=O) groups is 1. The molecule has 1 amide bonds. The second-order valence-corrected chi connectivity index (χ2v) is 6.26. The topological polar surface area (TPSA) is 159 Å². The fourth-order valence-electron chi connectivity index (χ4n) is 2.85. The minimum absolute atomic E-state index is 0.0298. The largest absolute Gasteiger partial charge is 0.506 e. The number of hydrogen-bond acceptors (Lipinski definition) is 8. The highest BCUT2D eigenvalue weighted by Gasteiger charge is 2.18. The van der Waals surface area contributed by atoms with Gasteiger partial charge in [-0.05, 0) is 30.3 Å². The highest BCUT2D eigenvalue weighted by Crippen LogP contribution is 2.29. The van der Waals surface area contributed by atoms with Gasteiger partial charge in [-0.2, -0.15) is 0 Å². The van der Waals surface area contributed by atoms with Crippen LogP contribution < -0.4 is 10.6 Å². The van der Waals surface area contributed by atoms with Crippen molar-refractivity contribution in [2.75, 3.05) is 18.4 Å². The summed E-state index contributed by atoms with van der Waals surface area (Å²) >= 11 is 0. The molecule has 1 aromatic carbocycles. The molecule has 3 heterocycles. The van der Waals surface area contributed by atoms with E-state index in [1.807, 2.05) is 0 Å². The Balaban J connectivity index is 1.42. The molecule has 0 atom stereocenters. The number of pyridine rings is 1. The summed E-state index contributed by atoms with van der Waals surface area (Å²) in [7, 11) is 0. The van der Waals surface area contributed by atoms with E-state index in [0.717, 1.165) is 6.20 Å². The lowest BCUT2D eigenvalue weighted by Crippen LogP contribution is -2.29. The van der Waals surface area contributed by atoms with Crippen molar-refractivity contribution < 1.29 is 19.2 Å². The van der Waals surface area contributed by atoms with Crippen LogP contribution in [0.1, 0.15) is 10.4 Å². The third kappa shape index (κ3) is 3.76. The van der Waals surface area contributed by atoms with Crippen molar-refractivity contribution in [2.24, 2.45) is 0 Å². The highest BCUT2D eigenvalue weighted by atomic mass is 16.6. The van der Waals surface area contributed by atoms with Gasteiger partial charge in [0.2, 0.25) is 0 Å². The monoisotopic (exact) mass is 408 g/mol. The Morgan fingerprint density at radius 3 is 2.80 bits per heavy atom. The number of rotatable bonds is 7. The summed E-state index contributed by atoms with van der Waals surface area (Å²) in [6.45, 7) is 0.630. The van der Waals surface area contributed by atoms with E-state index in [4.69, 9.17) is 4.42 Å². The molecule has 4 N–H and O–H groups in total. The lowest BCUT2D eigenvalue weighted by molar-refractivity contribution is -0.385. The van der Waals surface area contributed by atoms with Crippen molar-refractivity contribution in [3.63, 3.8) is 0 Å². The van der Waals surface area contributed by atoms with Gasteiger partial charge in [-0.25, -0.2) is 9.97 Å². The van der Waals surface area contributed by atoms with Crippen LogP contribution in [0.4, 0.5) is 11.5 Å². The molecule has 0 unspecified atom stereocenters. The molecule has 0 bridgehead atoms. The first-order chi connectivity index (χ1) is 14.5. The van der Waals surface area contributed by atoms with Crippen molar-refractivity contribution in [1.82, 2.24) is 20.3 Å². The second kappa shape index (κ2) is 7.91. The number of nitro groups is 1. The van der Waals surface area contributed by atoms with E-state index in [1.54, 1.807) is 12.1 Å². The van der Waals surface area contributed by atoms with Gasteiger partial charge in [0.25, 0.3) is 11.6 Å². The Kier molecular flexibility index (Phi) is 4.99. The molecule has 0 radical (unpaired) electrons. The summed E-state index contributed by atoms with van der Waals surface area (Å²) in [5, 5.41) is 26.4. The van der Waals surface area contributed by atoms with Crippen molar-refractivity contribution in [1.29, 1.82) is 0 Å². The number of H-pyrrole nitrogens is 1. The summed E-state index contributed by atoms with van der Waals surface area (Å²) in [4.78, 5) is 34.0. The molecule has 11 heteroatoms. The van der Waals surface area contributed by atoms with Gasteiger partial charge in [-0.3, -0.25) is 14.9 Å². The first kappa shape index (κ1) is 18.9. The van der Waals surface area contributed by atoms with Gasteiger partial charge in [-0.1, -0.05) is 0 Å². The van der Waals surface area contributed by atoms with E-state index in [1.165, 1.54) is 30.5 Å². The van der Waals surface area contributed by atoms with Gasteiger partial charge in [0.05, 0.1) is 16.7 Å². The molecule has 4 aromatic rings. The van der Waals surface area contributed by atoms with Gasteiger partial charge >= 0.3 is 0 Å². The van der Waals surface area contributed by atoms with Crippen LogP contribution in [-0.4, -0.2) is 44.0 Å². The average Bonchev–Trinajstić information content (AvgIpc) is 3.42. The second-order valence-electron chi connectivity index (χ2n) is 6.26. The Hall–Kier alpha value is -4.41. The number of nitrogens with zero attached hydrogens (tertiary/aromatic N) is 3. The van der Waals surface area contributed by atoms with Crippen LogP contribution in [0.5, 0.6) is 5.75 Å². The Bertz CT molecular complexity index is 1200. The van der Waals surface area contributed by atoms with Crippen LogP contribution in [0, 0.1) is 10.1 Å². The van der Waals surface area contributed by atoms with E-state index >= 15 is 0 Å². The van der Waals surface area contributed by atoms with E-state index < -0.39 is 4.92 Å². The molecular formula is C19H16N6O5. The predicted octanol–water partition coefficient (Wildman–Crippen LogP) is 2.67. The summed E-state index contributed by atoms with van der Waals surface area (Å²) in [6.07, 6.45) is 2.66. The number of benzene rings is 1. The molecule has 0 spiro atoms. The average molecular weight is 408 g/mol. The number of imidazole rings is 1. The number of carbonyl (C=O) groups excluding carboxylic acids is 1. The Labute approximate surface area is 168 Å². The van der Waals surface area contributed by atoms with Crippen LogP contribution in [-0.2, 0) is 0 Å². The molecule has 11 nitrogen and oxygen atoms in total. The summed E-state index contributed by atoms with van der Waals surface area (Å²) in [5.74, 6) is 0.944. The molecule has 0 aliphatic carbocycles. The van der Waals surface area contributed by atoms with Crippen molar-refractivity contribution in [3.8, 4) is 17.3 Å². The SMILES string of the molecule is O=C(NCCNc1ccc([N+](=O)[O-])cn1)c1ccc(O)c2[nH]c(-c3ccco3)nc12. The zero-order chi connectivity index (χ0) is 21.1. The number of fused-ring (bicyclic) bond motifs is 1. The van der Waals surface area contributed by atoms with E-state index in [9.17, 15) is 20.0 Å². The maximum absolute atomic E-state index is 12.6. The first-order valence-corrected chi connectivity index (χ1v) is 8.91. The molecule has 152 valence electrons. The Morgan fingerprint density at radius 2 is 2.10 bits per heavy atom. The van der Waals surface area contributed by atoms with Crippen LogP contribution in [0.25, 0.3) is 22.6 Å². The lowest BCUT2D eigenvalue weighted by atomic mass is 10.1. The minimum Gasteiger partial charge on any atom is -0.506 e. The number of aromatic hydroxyl groups is 1. The fraction of sp³-hybridized carbons (Fsp3) is 0.105. The zero-order valence-electron chi connectivity index (χ0n) is 15.5. The van der Waals surface area contributed by atoms with Gasteiger partial charge in [0, 0.05) is 19.2 Å². The molecule has 0 fully saturated rings. The molecule has 4 rings (SSSR count). The molecule has 0 saturated carbocycles. The number of phenols is 1. The number of anilines is 1. The van der Waals surface area contributed by atoms with E-state index in [2.05, 4.69) is 25.6 Å².